The molecule has 1 aromatic rings. The number of amides is 1. The highest BCUT2D eigenvalue weighted by Crippen LogP contribution is 2.42. The monoisotopic (exact) mass is 486 g/mol. The maximum atomic E-state index is 13.5. The molecule has 33 heavy (non-hydrogen) atoms. The van der Waals surface area contributed by atoms with Crippen molar-refractivity contribution in [1.29, 1.82) is 5.26 Å². The third kappa shape index (κ3) is 5.03. The number of carbonyl (C=O) groups is 1. The quantitative estimate of drug-likeness (QED) is 0.663. The number of nitriles is 1. The van der Waals surface area contributed by atoms with Crippen LogP contribution in [-0.4, -0.2) is 50.5 Å². The molecule has 3 aliphatic rings. The lowest BCUT2D eigenvalue weighted by Crippen LogP contribution is -2.43. The van der Waals surface area contributed by atoms with E-state index in [-0.39, 0.29) is 18.9 Å². The standard InChI is InChI=1S/C22H25F3N2O5S/c23-22(24,25)17-3-1-2-4-19(17)33(29,30)15-11-16(20(28)27-21(13-26)7-8-21)18(12-15)32-14-5-9-31-10-6-14/h1-4,14-16,18H,5-12H2,(H,27,28). The number of hydrogen-bond acceptors (Lipinski definition) is 6. The van der Waals surface area contributed by atoms with Gasteiger partial charge in [-0.15, -0.1) is 0 Å². The molecular weight excluding hydrogens is 461 g/mol. The lowest BCUT2D eigenvalue weighted by atomic mass is 10.0. The largest absolute Gasteiger partial charge is 0.417 e. The van der Waals surface area contributed by atoms with Gasteiger partial charge in [-0.25, -0.2) is 8.42 Å². The summed E-state index contributed by atoms with van der Waals surface area (Å²) in [6.45, 7) is 0.957. The van der Waals surface area contributed by atoms with Crippen molar-refractivity contribution >= 4 is 15.7 Å². The molecule has 4 rings (SSSR count). The third-order valence-corrected chi connectivity index (χ3v) is 8.83. The van der Waals surface area contributed by atoms with E-state index in [1.54, 1.807) is 0 Å². The van der Waals surface area contributed by atoms with Crippen LogP contribution in [0.3, 0.4) is 0 Å². The number of ether oxygens (including phenoxy) is 2. The predicted octanol–water partition coefficient (Wildman–Crippen LogP) is 2.99. The summed E-state index contributed by atoms with van der Waals surface area (Å²) in [5.41, 5.74) is -2.17. The van der Waals surface area contributed by atoms with Crippen molar-refractivity contribution in [2.45, 2.75) is 72.6 Å². The van der Waals surface area contributed by atoms with E-state index in [9.17, 15) is 31.6 Å². The number of benzene rings is 1. The van der Waals surface area contributed by atoms with E-state index >= 15 is 0 Å². The average molecular weight is 487 g/mol. The molecule has 3 fully saturated rings. The Hall–Kier alpha value is -2.16. The van der Waals surface area contributed by atoms with Crippen LogP contribution >= 0.6 is 0 Å². The molecule has 0 aromatic heterocycles. The molecule has 0 bridgehead atoms. The fourth-order valence-electron chi connectivity index (χ4n) is 4.54. The molecule has 1 heterocycles. The predicted molar refractivity (Wildman–Crippen MR) is 110 cm³/mol. The van der Waals surface area contributed by atoms with Gasteiger partial charge in [0.2, 0.25) is 5.91 Å². The Kier molecular flexibility index (Phi) is 6.46. The van der Waals surface area contributed by atoms with Crippen LogP contribution in [0.4, 0.5) is 13.2 Å². The minimum Gasteiger partial charge on any atom is -0.381 e. The molecule has 1 saturated heterocycles. The summed E-state index contributed by atoms with van der Waals surface area (Å²) in [6, 6.07) is 6.15. The molecular formula is C22H25F3N2O5S. The van der Waals surface area contributed by atoms with Crippen LogP contribution < -0.4 is 5.32 Å². The molecule has 0 spiro atoms. The summed E-state index contributed by atoms with van der Waals surface area (Å²) in [5.74, 6) is -1.37. The van der Waals surface area contributed by atoms with Gasteiger partial charge < -0.3 is 14.8 Å². The number of alkyl halides is 3. The SMILES string of the molecule is N#CC1(NC(=O)C2CC(S(=O)(=O)c3ccccc3C(F)(F)F)CC2OC2CCOCC2)CC1. The van der Waals surface area contributed by atoms with Crippen LogP contribution in [-0.2, 0) is 30.3 Å². The maximum absolute atomic E-state index is 13.5. The summed E-state index contributed by atoms with van der Waals surface area (Å²) in [4.78, 5) is 12.2. The Morgan fingerprint density at radius 3 is 2.45 bits per heavy atom. The van der Waals surface area contributed by atoms with Gasteiger partial charge in [0.15, 0.2) is 9.84 Å². The van der Waals surface area contributed by atoms with Crippen molar-refractivity contribution in [3.63, 3.8) is 0 Å². The Bertz CT molecular complexity index is 1040. The Morgan fingerprint density at radius 2 is 1.85 bits per heavy atom. The second kappa shape index (κ2) is 8.89. The van der Waals surface area contributed by atoms with Gasteiger partial charge in [0.25, 0.3) is 0 Å². The first kappa shape index (κ1) is 24.0. The summed E-state index contributed by atoms with van der Waals surface area (Å²) in [5, 5.41) is 10.8. The summed E-state index contributed by atoms with van der Waals surface area (Å²) in [7, 11) is -4.40. The number of hydrogen-bond donors (Lipinski definition) is 1. The molecule has 1 N–H and O–H groups in total. The van der Waals surface area contributed by atoms with Gasteiger partial charge >= 0.3 is 6.18 Å². The second-order valence-electron chi connectivity index (χ2n) is 8.91. The van der Waals surface area contributed by atoms with Gasteiger partial charge in [0, 0.05) is 13.2 Å². The van der Waals surface area contributed by atoms with Crippen molar-refractivity contribution < 1.29 is 35.9 Å². The average Bonchev–Trinajstić information content (AvgIpc) is 3.42. The van der Waals surface area contributed by atoms with Gasteiger partial charge in [-0.3, -0.25) is 4.79 Å². The summed E-state index contributed by atoms with van der Waals surface area (Å²) >= 11 is 0. The van der Waals surface area contributed by atoms with Gasteiger partial charge in [0.1, 0.15) is 5.54 Å². The molecule has 11 heteroatoms. The molecule has 3 atom stereocenters. The highest BCUT2D eigenvalue weighted by atomic mass is 32.2. The number of rotatable bonds is 6. The van der Waals surface area contributed by atoms with Crippen LogP contribution in [0.2, 0.25) is 0 Å². The highest BCUT2D eigenvalue weighted by molar-refractivity contribution is 7.92. The zero-order chi connectivity index (χ0) is 23.9. The maximum Gasteiger partial charge on any atom is 0.417 e. The van der Waals surface area contributed by atoms with Gasteiger partial charge in [0.05, 0.1) is 39.9 Å². The third-order valence-electron chi connectivity index (χ3n) is 6.60. The minimum absolute atomic E-state index is 0.0937. The van der Waals surface area contributed by atoms with Crippen LogP contribution in [0.1, 0.15) is 44.1 Å². The molecule has 1 aromatic carbocycles. The van der Waals surface area contributed by atoms with E-state index in [0.29, 0.717) is 38.9 Å². The van der Waals surface area contributed by atoms with Gasteiger partial charge in [-0.2, -0.15) is 18.4 Å². The molecule has 0 radical (unpaired) electrons. The van der Waals surface area contributed by atoms with Crippen molar-refractivity contribution in [2.24, 2.45) is 5.92 Å². The van der Waals surface area contributed by atoms with E-state index in [1.807, 2.05) is 0 Å². The van der Waals surface area contributed by atoms with Crippen LogP contribution in [0.15, 0.2) is 29.2 Å². The minimum atomic E-state index is -4.83. The number of carbonyl (C=O) groups excluding carboxylic acids is 1. The van der Waals surface area contributed by atoms with E-state index in [4.69, 9.17) is 9.47 Å². The zero-order valence-electron chi connectivity index (χ0n) is 17.8. The Balaban J connectivity index is 1.60. The lowest BCUT2D eigenvalue weighted by Gasteiger charge is -2.28. The van der Waals surface area contributed by atoms with Crippen LogP contribution in [0.5, 0.6) is 0 Å². The Labute approximate surface area is 190 Å². The van der Waals surface area contributed by atoms with Crippen molar-refractivity contribution in [2.75, 3.05) is 13.2 Å². The molecule has 1 aliphatic heterocycles. The molecule has 2 saturated carbocycles. The Morgan fingerprint density at radius 1 is 1.18 bits per heavy atom. The zero-order valence-corrected chi connectivity index (χ0v) is 18.6. The van der Waals surface area contributed by atoms with Crippen molar-refractivity contribution in [3.05, 3.63) is 29.8 Å². The fourth-order valence-corrected chi connectivity index (χ4v) is 6.56. The van der Waals surface area contributed by atoms with E-state index in [2.05, 4.69) is 11.4 Å². The van der Waals surface area contributed by atoms with Crippen LogP contribution in [0.25, 0.3) is 0 Å². The first-order valence-electron chi connectivity index (χ1n) is 10.9. The molecule has 1 amide bonds. The molecule has 180 valence electrons. The fraction of sp³-hybridized carbons (Fsp3) is 0.636. The topological polar surface area (TPSA) is 105 Å². The number of nitrogens with one attached hydrogen (secondary N) is 1. The molecule has 7 nitrogen and oxygen atoms in total. The van der Waals surface area contributed by atoms with E-state index in [1.165, 1.54) is 6.07 Å². The smallest absolute Gasteiger partial charge is 0.381 e. The van der Waals surface area contributed by atoms with E-state index < -0.39 is 55.2 Å². The second-order valence-corrected chi connectivity index (χ2v) is 11.1. The summed E-state index contributed by atoms with van der Waals surface area (Å²) < 4.78 is 78.5. The highest BCUT2D eigenvalue weighted by Gasteiger charge is 2.51. The number of nitrogens with zero attached hydrogens (tertiary/aromatic N) is 1. The number of halogens is 3. The first-order chi connectivity index (χ1) is 15.6. The number of sulfone groups is 1. The van der Waals surface area contributed by atoms with Crippen molar-refractivity contribution in [1.82, 2.24) is 5.32 Å². The van der Waals surface area contributed by atoms with Gasteiger partial charge in [-0.05, 0) is 50.7 Å². The lowest BCUT2D eigenvalue weighted by molar-refractivity contribution is -0.140. The van der Waals surface area contributed by atoms with E-state index in [0.717, 1.165) is 18.2 Å². The van der Waals surface area contributed by atoms with Crippen LogP contribution in [0, 0.1) is 17.2 Å². The molecule has 2 aliphatic carbocycles. The first-order valence-corrected chi connectivity index (χ1v) is 12.5. The molecule has 3 unspecified atom stereocenters. The normalized spacial score (nSPS) is 27.6. The van der Waals surface area contributed by atoms with Gasteiger partial charge in [-0.1, -0.05) is 12.1 Å². The summed E-state index contributed by atoms with van der Waals surface area (Å²) in [6.07, 6.45) is -3.92. The van der Waals surface area contributed by atoms with Crippen molar-refractivity contribution in [3.8, 4) is 6.07 Å².